The molecule has 5 heterocycles. The molecule has 174 valence electrons. The predicted octanol–water partition coefficient (Wildman–Crippen LogP) is 2.59. The molecule has 2 fully saturated rings. The number of nitrogens with one attached hydrogen (secondary N) is 3. The summed E-state index contributed by atoms with van der Waals surface area (Å²) in [4.78, 5) is 39.2. The van der Waals surface area contributed by atoms with Crippen molar-refractivity contribution in [2.24, 2.45) is 5.92 Å². The van der Waals surface area contributed by atoms with Crippen LogP contribution < -0.4 is 15.5 Å². The van der Waals surface area contributed by atoms with Crippen molar-refractivity contribution in [3.63, 3.8) is 0 Å². The largest absolute Gasteiger partial charge is 0.341 e. The van der Waals surface area contributed by atoms with E-state index in [0.29, 0.717) is 22.5 Å². The van der Waals surface area contributed by atoms with Gasteiger partial charge in [-0.05, 0) is 66.9 Å². The molecular weight excluding hydrogens is 452 g/mol. The Balaban J connectivity index is 1.13. The summed E-state index contributed by atoms with van der Waals surface area (Å²) in [7, 11) is 0. The summed E-state index contributed by atoms with van der Waals surface area (Å²) in [6.07, 6.45) is 8.92. The second-order valence-corrected chi connectivity index (χ2v) is 9.19. The molecule has 11 heteroatoms. The first-order chi connectivity index (χ1) is 16.7. The second-order valence-electron chi connectivity index (χ2n) is 8.18. The van der Waals surface area contributed by atoms with E-state index in [9.17, 15) is 9.59 Å². The van der Waals surface area contributed by atoms with Gasteiger partial charge in [0.1, 0.15) is 0 Å². The minimum atomic E-state index is -0.383. The number of pyridine rings is 1. The third-order valence-corrected chi connectivity index (χ3v) is 6.69. The lowest BCUT2D eigenvalue weighted by Gasteiger charge is -2.32. The van der Waals surface area contributed by atoms with E-state index in [-0.39, 0.29) is 11.1 Å². The van der Waals surface area contributed by atoms with Crippen LogP contribution in [0, 0.1) is 5.92 Å². The molecule has 5 rings (SSSR count). The van der Waals surface area contributed by atoms with Gasteiger partial charge in [0.25, 0.3) is 11.1 Å². The van der Waals surface area contributed by atoms with Crippen molar-refractivity contribution in [1.82, 2.24) is 35.8 Å². The normalized spacial score (nSPS) is 18.0. The fourth-order valence-electron chi connectivity index (χ4n) is 4.11. The van der Waals surface area contributed by atoms with Crippen molar-refractivity contribution < 1.29 is 9.59 Å². The highest BCUT2D eigenvalue weighted by molar-refractivity contribution is 8.18. The molecule has 0 spiro atoms. The smallest absolute Gasteiger partial charge is 0.290 e. The number of nitrogens with zero attached hydrogens (tertiary/aromatic N) is 5. The quantitative estimate of drug-likeness (QED) is 0.441. The number of aromatic amines is 1. The van der Waals surface area contributed by atoms with E-state index in [0.717, 1.165) is 67.7 Å². The Morgan fingerprint density at radius 3 is 2.76 bits per heavy atom. The number of H-pyrrole nitrogens is 1. The Kier molecular flexibility index (Phi) is 6.63. The van der Waals surface area contributed by atoms with Gasteiger partial charge in [0.05, 0.1) is 22.0 Å². The van der Waals surface area contributed by atoms with Crippen LogP contribution in [0.1, 0.15) is 24.1 Å². The highest BCUT2D eigenvalue weighted by atomic mass is 32.2. The first-order valence-corrected chi connectivity index (χ1v) is 11.9. The van der Waals surface area contributed by atoms with E-state index in [1.54, 1.807) is 30.7 Å². The number of hydrogen-bond donors (Lipinski definition) is 3. The Bertz CT molecular complexity index is 1210. The summed E-state index contributed by atoms with van der Waals surface area (Å²) in [6.45, 7) is 3.41. The van der Waals surface area contributed by atoms with Gasteiger partial charge in [0, 0.05) is 38.2 Å². The third kappa shape index (κ3) is 5.15. The summed E-state index contributed by atoms with van der Waals surface area (Å²) < 4.78 is 0. The van der Waals surface area contributed by atoms with Crippen LogP contribution >= 0.6 is 11.8 Å². The van der Waals surface area contributed by atoms with Crippen LogP contribution in [-0.2, 0) is 11.3 Å². The summed E-state index contributed by atoms with van der Waals surface area (Å²) in [5.41, 5.74) is 3.60. The number of imide groups is 1. The minimum absolute atomic E-state index is 0.351. The number of carbonyl (C=O) groups excluding carboxylic acids is 2. The Morgan fingerprint density at radius 1 is 1.12 bits per heavy atom. The topological polar surface area (TPSA) is 129 Å². The maximum Gasteiger partial charge on any atom is 0.290 e. The molecule has 34 heavy (non-hydrogen) atoms. The van der Waals surface area contributed by atoms with Crippen LogP contribution in [0.3, 0.4) is 0 Å². The summed E-state index contributed by atoms with van der Waals surface area (Å²) in [6, 6.07) is 7.70. The van der Waals surface area contributed by atoms with E-state index in [2.05, 4.69) is 46.7 Å². The number of hydrogen-bond acceptors (Lipinski definition) is 9. The van der Waals surface area contributed by atoms with Gasteiger partial charge < -0.3 is 10.2 Å². The molecule has 2 aliphatic heterocycles. The van der Waals surface area contributed by atoms with Crippen LogP contribution in [-0.4, -0.2) is 55.9 Å². The first kappa shape index (κ1) is 22.2. The van der Waals surface area contributed by atoms with Gasteiger partial charge in [0.2, 0.25) is 5.95 Å². The molecule has 2 amide bonds. The SMILES string of the molecule is O=C1NC(=O)/C(=C\c2ccnc(N3CCC(CNCc4cccnc4-c4ccn[nH]4)CC3)n2)S1. The zero-order chi connectivity index (χ0) is 23.3. The van der Waals surface area contributed by atoms with E-state index >= 15 is 0 Å². The Hall–Kier alpha value is -3.57. The molecule has 2 saturated heterocycles. The van der Waals surface area contributed by atoms with Gasteiger partial charge in [-0.1, -0.05) is 6.07 Å². The molecule has 10 nitrogen and oxygen atoms in total. The van der Waals surface area contributed by atoms with Gasteiger partial charge in [-0.25, -0.2) is 9.97 Å². The number of amides is 2. The van der Waals surface area contributed by atoms with Gasteiger partial charge >= 0.3 is 0 Å². The molecule has 0 saturated carbocycles. The maximum atomic E-state index is 11.8. The molecule has 3 aromatic heterocycles. The summed E-state index contributed by atoms with van der Waals surface area (Å²) >= 11 is 0.888. The van der Waals surface area contributed by atoms with Crippen molar-refractivity contribution in [1.29, 1.82) is 0 Å². The first-order valence-electron chi connectivity index (χ1n) is 11.1. The average molecular weight is 477 g/mol. The van der Waals surface area contributed by atoms with Crippen molar-refractivity contribution >= 4 is 34.9 Å². The Labute approximate surface area is 200 Å². The van der Waals surface area contributed by atoms with Crippen LogP contribution in [0.4, 0.5) is 10.7 Å². The molecule has 3 N–H and O–H groups in total. The summed E-state index contributed by atoms with van der Waals surface area (Å²) in [5, 5.41) is 12.5. The lowest BCUT2D eigenvalue weighted by atomic mass is 9.97. The monoisotopic (exact) mass is 476 g/mol. The fraction of sp³-hybridized carbons (Fsp3) is 0.304. The zero-order valence-electron chi connectivity index (χ0n) is 18.4. The van der Waals surface area contributed by atoms with Crippen LogP contribution in [0.15, 0.2) is 47.8 Å². The zero-order valence-corrected chi connectivity index (χ0v) is 19.2. The van der Waals surface area contributed by atoms with Gasteiger partial charge in [-0.2, -0.15) is 5.10 Å². The van der Waals surface area contributed by atoms with Crippen molar-refractivity contribution in [2.75, 3.05) is 24.5 Å². The lowest BCUT2D eigenvalue weighted by Crippen LogP contribution is -2.38. The van der Waals surface area contributed by atoms with Crippen molar-refractivity contribution in [3.05, 3.63) is 59.0 Å². The van der Waals surface area contributed by atoms with Gasteiger partial charge in [-0.3, -0.25) is 25.0 Å². The molecule has 0 aromatic carbocycles. The minimum Gasteiger partial charge on any atom is -0.341 e. The predicted molar refractivity (Wildman–Crippen MR) is 130 cm³/mol. The standard InChI is InChI=1S/C23H24N8O2S/c32-21-19(34-23(33)29-21)12-17-3-8-26-22(28-17)31-10-5-15(6-11-31)13-24-14-16-2-1-7-25-20(16)18-4-9-27-30-18/h1-4,7-9,12,15,24H,5-6,10-11,13-14H2,(H,27,30)(H,29,32,33)/b19-12+. The average Bonchev–Trinajstić information content (AvgIpc) is 3.50. The number of thioether (sulfide) groups is 1. The molecule has 3 aromatic rings. The van der Waals surface area contributed by atoms with E-state index < -0.39 is 0 Å². The fourth-order valence-corrected chi connectivity index (χ4v) is 4.78. The van der Waals surface area contributed by atoms with E-state index in [1.165, 1.54) is 0 Å². The van der Waals surface area contributed by atoms with Crippen LogP contribution in [0.5, 0.6) is 0 Å². The molecular formula is C23H24N8O2S. The molecule has 0 aliphatic carbocycles. The molecule has 0 unspecified atom stereocenters. The number of carbonyl (C=O) groups is 2. The highest BCUT2D eigenvalue weighted by Gasteiger charge is 2.25. The van der Waals surface area contributed by atoms with Crippen molar-refractivity contribution in [2.45, 2.75) is 19.4 Å². The van der Waals surface area contributed by atoms with Gasteiger partial charge in [-0.15, -0.1) is 0 Å². The van der Waals surface area contributed by atoms with Gasteiger partial charge in [0.15, 0.2) is 0 Å². The van der Waals surface area contributed by atoms with E-state index in [4.69, 9.17) is 0 Å². The number of piperidine rings is 1. The third-order valence-electron chi connectivity index (χ3n) is 5.88. The Morgan fingerprint density at radius 2 is 2.00 bits per heavy atom. The van der Waals surface area contributed by atoms with Crippen LogP contribution in [0.2, 0.25) is 0 Å². The number of anilines is 1. The van der Waals surface area contributed by atoms with E-state index in [1.807, 2.05) is 12.1 Å². The molecule has 0 radical (unpaired) electrons. The molecule has 0 atom stereocenters. The number of aromatic nitrogens is 5. The second kappa shape index (κ2) is 10.1. The molecule has 0 bridgehead atoms. The highest BCUT2D eigenvalue weighted by Crippen LogP contribution is 2.26. The van der Waals surface area contributed by atoms with Crippen molar-refractivity contribution in [3.8, 4) is 11.4 Å². The van der Waals surface area contributed by atoms with Crippen LogP contribution in [0.25, 0.3) is 17.5 Å². The maximum absolute atomic E-state index is 11.8. The lowest BCUT2D eigenvalue weighted by molar-refractivity contribution is -0.115. The summed E-state index contributed by atoms with van der Waals surface area (Å²) in [5.74, 6) is 0.833. The number of rotatable bonds is 7. The molecule has 2 aliphatic rings.